The normalized spacial score (nSPS) is 16.8. The number of rotatable bonds is 5. The summed E-state index contributed by atoms with van der Waals surface area (Å²) < 4.78 is 13.3. The third-order valence-corrected chi connectivity index (χ3v) is 5.25. The van der Waals surface area contributed by atoms with Crippen molar-refractivity contribution in [3.8, 4) is 0 Å². The first-order valence-corrected chi connectivity index (χ1v) is 10.1. The SMILES string of the molecule is CC(C)(C)CC(=O)N(Cc1ccccc1Cl)C1CC(=O)N(c2ccc(F)cc2)C1=O. The van der Waals surface area contributed by atoms with Crippen LogP contribution in [-0.4, -0.2) is 28.7 Å². The number of benzene rings is 2. The minimum atomic E-state index is -0.936. The van der Waals surface area contributed by atoms with E-state index in [-0.39, 0.29) is 36.4 Å². The van der Waals surface area contributed by atoms with Gasteiger partial charge in [0.15, 0.2) is 0 Å². The molecular formula is C23H24ClFN2O3. The van der Waals surface area contributed by atoms with Gasteiger partial charge in [-0.1, -0.05) is 50.6 Å². The van der Waals surface area contributed by atoms with E-state index in [4.69, 9.17) is 11.6 Å². The Labute approximate surface area is 180 Å². The highest BCUT2D eigenvalue weighted by Crippen LogP contribution is 2.30. The van der Waals surface area contributed by atoms with Crippen molar-refractivity contribution < 1.29 is 18.8 Å². The number of hydrogen-bond acceptors (Lipinski definition) is 3. The quantitative estimate of drug-likeness (QED) is 0.652. The largest absolute Gasteiger partial charge is 0.326 e. The molecule has 5 nitrogen and oxygen atoms in total. The number of anilines is 1. The topological polar surface area (TPSA) is 57.7 Å². The number of hydrogen-bond donors (Lipinski definition) is 0. The van der Waals surface area contributed by atoms with Crippen LogP contribution in [0.25, 0.3) is 0 Å². The zero-order valence-electron chi connectivity index (χ0n) is 17.2. The van der Waals surface area contributed by atoms with E-state index in [0.29, 0.717) is 10.6 Å². The van der Waals surface area contributed by atoms with Gasteiger partial charge in [-0.3, -0.25) is 14.4 Å². The molecule has 1 unspecified atom stereocenters. The third-order valence-electron chi connectivity index (χ3n) is 4.88. The lowest BCUT2D eigenvalue weighted by molar-refractivity contribution is -0.140. The number of imide groups is 1. The summed E-state index contributed by atoms with van der Waals surface area (Å²) in [6.07, 6.45) is 0.0858. The lowest BCUT2D eigenvalue weighted by atomic mass is 9.91. The molecule has 2 aromatic carbocycles. The Balaban J connectivity index is 1.93. The maximum Gasteiger partial charge on any atom is 0.257 e. The van der Waals surface area contributed by atoms with Crippen molar-refractivity contribution in [3.63, 3.8) is 0 Å². The molecule has 158 valence electrons. The number of nitrogens with zero attached hydrogens (tertiary/aromatic N) is 2. The van der Waals surface area contributed by atoms with E-state index < -0.39 is 23.7 Å². The molecule has 3 amide bonds. The first kappa shape index (κ1) is 22.0. The highest BCUT2D eigenvalue weighted by Gasteiger charge is 2.44. The van der Waals surface area contributed by atoms with Gasteiger partial charge in [0.25, 0.3) is 5.91 Å². The minimum Gasteiger partial charge on any atom is -0.326 e. The average Bonchev–Trinajstić information content (AvgIpc) is 2.94. The third kappa shape index (κ3) is 4.87. The summed E-state index contributed by atoms with van der Waals surface area (Å²) in [6, 6.07) is 11.3. The van der Waals surface area contributed by atoms with Crippen LogP contribution in [0.4, 0.5) is 10.1 Å². The van der Waals surface area contributed by atoms with Crippen molar-refractivity contribution in [1.82, 2.24) is 4.90 Å². The van der Waals surface area contributed by atoms with Crippen molar-refractivity contribution >= 4 is 35.0 Å². The van der Waals surface area contributed by atoms with Crippen molar-refractivity contribution in [1.29, 1.82) is 0 Å². The zero-order chi connectivity index (χ0) is 22.1. The van der Waals surface area contributed by atoms with Crippen molar-refractivity contribution in [2.75, 3.05) is 4.90 Å². The fourth-order valence-electron chi connectivity index (χ4n) is 3.46. The van der Waals surface area contributed by atoms with E-state index in [1.807, 2.05) is 20.8 Å². The Kier molecular flexibility index (Phi) is 6.27. The predicted octanol–water partition coefficient (Wildman–Crippen LogP) is 4.58. The molecule has 1 fully saturated rings. The van der Waals surface area contributed by atoms with Gasteiger partial charge in [-0.2, -0.15) is 0 Å². The molecule has 1 atom stereocenters. The van der Waals surface area contributed by atoms with Crippen molar-refractivity contribution in [2.45, 2.75) is 46.2 Å². The van der Waals surface area contributed by atoms with Crippen LogP contribution in [0.1, 0.15) is 39.2 Å². The lowest BCUT2D eigenvalue weighted by Gasteiger charge is -2.30. The molecule has 30 heavy (non-hydrogen) atoms. The Morgan fingerprint density at radius 1 is 1.13 bits per heavy atom. The van der Waals surface area contributed by atoms with Gasteiger partial charge in [0.05, 0.1) is 12.1 Å². The van der Waals surface area contributed by atoms with Crippen LogP contribution in [0.2, 0.25) is 5.02 Å². The van der Waals surface area contributed by atoms with E-state index in [0.717, 1.165) is 4.90 Å². The Morgan fingerprint density at radius 3 is 2.37 bits per heavy atom. The molecule has 3 rings (SSSR count). The fraction of sp³-hybridized carbons (Fsp3) is 0.348. The van der Waals surface area contributed by atoms with Crippen LogP contribution < -0.4 is 4.90 Å². The maximum absolute atomic E-state index is 13.3. The van der Waals surface area contributed by atoms with Crippen LogP contribution in [-0.2, 0) is 20.9 Å². The first-order valence-electron chi connectivity index (χ1n) is 9.72. The number of carbonyl (C=O) groups is 3. The number of halogens is 2. The standard InChI is InChI=1S/C23H24ClFN2O3/c1-23(2,3)13-21(29)26(14-15-6-4-5-7-18(15)24)19-12-20(28)27(22(19)30)17-10-8-16(25)9-11-17/h4-11,19H,12-14H2,1-3H3. The number of carbonyl (C=O) groups excluding carboxylic acids is 3. The molecule has 2 aromatic rings. The zero-order valence-corrected chi connectivity index (χ0v) is 17.9. The molecule has 0 saturated carbocycles. The second-order valence-corrected chi connectivity index (χ2v) is 9.02. The summed E-state index contributed by atoms with van der Waals surface area (Å²) in [5.41, 5.74) is 0.690. The van der Waals surface area contributed by atoms with Gasteiger partial charge in [0.1, 0.15) is 11.9 Å². The minimum absolute atomic E-state index is 0.121. The van der Waals surface area contributed by atoms with Gasteiger partial charge in [-0.15, -0.1) is 0 Å². The van der Waals surface area contributed by atoms with E-state index >= 15 is 0 Å². The van der Waals surface area contributed by atoms with Crippen LogP contribution in [0.3, 0.4) is 0 Å². The molecule has 0 bridgehead atoms. The summed E-state index contributed by atoms with van der Waals surface area (Å²) in [7, 11) is 0. The fourth-order valence-corrected chi connectivity index (χ4v) is 3.65. The highest BCUT2D eigenvalue weighted by molar-refractivity contribution is 6.31. The lowest BCUT2D eigenvalue weighted by Crippen LogP contribution is -2.46. The van der Waals surface area contributed by atoms with Gasteiger partial charge in [0.2, 0.25) is 11.8 Å². The molecule has 0 aliphatic carbocycles. The summed E-state index contributed by atoms with van der Waals surface area (Å²) in [5.74, 6) is -1.62. The van der Waals surface area contributed by atoms with E-state index in [1.165, 1.54) is 29.2 Å². The van der Waals surface area contributed by atoms with Crippen LogP contribution >= 0.6 is 11.6 Å². The number of amides is 3. The summed E-state index contributed by atoms with van der Waals surface area (Å²) in [6.45, 7) is 5.93. The van der Waals surface area contributed by atoms with E-state index in [2.05, 4.69) is 0 Å². The average molecular weight is 431 g/mol. The monoisotopic (exact) mass is 430 g/mol. The summed E-state index contributed by atoms with van der Waals surface area (Å²) in [4.78, 5) is 41.4. The van der Waals surface area contributed by atoms with Gasteiger partial charge < -0.3 is 4.90 Å². The van der Waals surface area contributed by atoms with Crippen LogP contribution in [0.5, 0.6) is 0 Å². The van der Waals surface area contributed by atoms with Crippen molar-refractivity contribution in [3.05, 3.63) is 64.9 Å². The molecule has 0 spiro atoms. The van der Waals surface area contributed by atoms with Crippen LogP contribution in [0, 0.1) is 11.2 Å². The first-order chi connectivity index (χ1) is 14.1. The molecule has 7 heteroatoms. The molecular weight excluding hydrogens is 407 g/mol. The Hall–Kier alpha value is -2.73. The van der Waals surface area contributed by atoms with Crippen molar-refractivity contribution in [2.24, 2.45) is 5.41 Å². The van der Waals surface area contributed by atoms with E-state index in [9.17, 15) is 18.8 Å². The van der Waals surface area contributed by atoms with Gasteiger partial charge in [-0.05, 0) is 41.3 Å². The Morgan fingerprint density at radius 2 is 1.77 bits per heavy atom. The van der Waals surface area contributed by atoms with Gasteiger partial charge in [0, 0.05) is 18.0 Å². The second kappa shape index (κ2) is 8.56. The molecule has 1 aliphatic heterocycles. The summed E-state index contributed by atoms with van der Waals surface area (Å²) >= 11 is 6.28. The molecule has 1 saturated heterocycles. The second-order valence-electron chi connectivity index (χ2n) is 8.61. The molecule has 0 aromatic heterocycles. The van der Waals surface area contributed by atoms with E-state index in [1.54, 1.807) is 24.3 Å². The summed E-state index contributed by atoms with van der Waals surface area (Å²) in [5, 5.41) is 0.484. The highest BCUT2D eigenvalue weighted by atomic mass is 35.5. The van der Waals surface area contributed by atoms with Crippen LogP contribution in [0.15, 0.2) is 48.5 Å². The molecule has 1 heterocycles. The van der Waals surface area contributed by atoms with Gasteiger partial charge in [-0.25, -0.2) is 9.29 Å². The molecule has 0 radical (unpaired) electrons. The smallest absolute Gasteiger partial charge is 0.257 e. The predicted molar refractivity (Wildman–Crippen MR) is 113 cm³/mol. The molecule has 1 aliphatic rings. The maximum atomic E-state index is 13.3. The Bertz CT molecular complexity index is 969. The van der Waals surface area contributed by atoms with Gasteiger partial charge >= 0.3 is 0 Å². The molecule has 0 N–H and O–H groups in total.